The summed E-state index contributed by atoms with van der Waals surface area (Å²) < 4.78 is 15.9. The van der Waals surface area contributed by atoms with Crippen molar-refractivity contribution >= 4 is 23.4 Å². The fourth-order valence-electron chi connectivity index (χ4n) is 2.34. The molecule has 0 radical (unpaired) electrons. The van der Waals surface area contributed by atoms with Crippen LogP contribution >= 0.6 is 11.8 Å². The molecule has 0 saturated carbocycles. The Bertz CT molecular complexity index is 925. The Labute approximate surface area is 161 Å². The smallest absolute Gasteiger partial charge is 0.277 e. The number of amides is 1. The van der Waals surface area contributed by atoms with E-state index in [0.29, 0.717) is 11.1 Å². The number of rotatable bonds is 7. The zero-order valence-corrected chi connectivity index (χ0v) is 16.0. The topological polar surface area (TPSA) is 86.5 Å². The fourth-order valence-corrected chi connectivity index (χ4v) is 2.90. The molecule has 0 fully saturated rings. The first kappa shape index (κ1) is 18.8. The van der Waals surface area contributed by atoms with Crippen LogP contribution in [0.2, 0.25) is 0 Å². The van der Waals surface area contributed by atoms with E-state index in [1.54, 1.807) is 20.3 Å². The number of benzene rings is 2. The van der Waals surface area contributed by atoms with E-state index in [1.165, 1.54) is 11.8 Å². The second-order valence-corrected chi connectivity index (χ2v) is 6.55. The van der Waals surface area contributed by atoms with Gasteiger partial charge in [-0.1, -0.05) is 11.8 Å². The highest BCUT2D eigenvalue weighted by molar-refractivity contribution is 7.99. The predicted molar refractivity (Wildman–Crippen MR) is 103 cm³/mol. The minimum Gasteiger partial charge on any atom is -0.497 e. The lowest BCUT2D eigenvalue weighted by atomic mass is 10.2. The molecule has 0 aliphatic rings. The summed E-state index contributed by atoms with van der Waals surface area (Å²) in [4.78, 5) is 12.2. The fraction of sp³-hybridized carbons (Fsp3) is 0.211. The third kappa shape index (κ3) is 4.79. The van der Waals surface area contributed by atoms with Gasteiger partial charge in [-0.05, 0) is 55.0 Å². The van der Waals surface area contributed by atoms with Crippen LogP contribution in [0.5, 0.6) is 11.5 Å². The van der Waals surface area contributed by atoms with Crippen LogP contribution in [0.25, 0.3) is 11.5 Å². The maximum Gasteiger partial charge on any atom is 0.277 e. The van der Waals surface area contributed by atoms with Gasteiger partial charge in [0.25, 0.3) is 5.22 Å². The van der Waals surface area contributed by atoms with E-state index >= 15 is 0 Å². The first-order chi connectivity index (χ1) is 13.1. The largest absolute Gasteiger partial charge is 0.497 e. The van der Waals surface area contributed by atoms with Gasteiger partial charge in [-0.15, -0.1) is 10.2 Å². The van der Waals surface area contributed by atoms with E-state index in [-0.39, 0.29) is 11.7 Å². The molecule has 0 atom stereocenters. The molecule has 1 heterocycles. The number of hydrogen-bond acceptors (Lipinski definition) is 7. The Morgan fingerprint density at radius 3 is 2.44 bits per heavy atom. The molecule has 1 N–H and O–H groups in total. The normalized spacial score (nSPS) is 10.5. The summed E-state index contributed by atoms with van der Waals surface area (Å²) in [5.74, 6) is 1.90. The monoisotopic (exact) mass is 385 g/mol. The second-order valence-electron chi connectivity index (χ2n) is 5.62. The van der Waals surface area contributed by atoms with Crippen LogP contribution in [0.1, 0.15) is 5.56 Å². The molecule has 1 aromatic heterocycles. The molecule has 0 unspecified atom stereocenters. The third-order valence-electron chi connectivity index (χ3n) is 3.78. The zero-order chi connectivity index (χ0) is 19.2. The average Bonchev–Trinajstić information content (AvgIpc) is 3.17. The quantitative estimate of drug-likeness (QED) is 0.619. The van der Waals surface area contributed by atoms with Crippen LogP contribution in [0.15, 0.2) is 52.1 Å². The van der Waals surface area contributed by atoms with Crippen molar-refractivity contribution in [2.75, 3.05) is 25.3 Å². The molecule has 1 amide bonds. The summed E-state index contributed by atoms with van der Waals surface area (Å²) in [5, 5.41) is 11.2. The molecule has 0 aliphatic heterocycles. The van der Waals surface area contributed by atoms with Crippen molar-refractivity contribution in [2.45, 2.75) is 12.1 Å². The van der Waals surface area contributed by atoms with Crippen LogP contribution in [0.3, 0.4) is 0 Å². The summed E-state index contributed by atoms with van der Waals surface area (Å²) in [6.45, 7) is 1.91. The Balaban J connectivity index is 1.57. The number of nitrogens with one attached hydrogen (secondary N) is 1. The Morgan fingerprint density at radius 1 is 1.07 bits per heavy atom. The Kier molecular flexibility index (Phi) is 5.97. The van der Waals surface area contributed by atoms with Gasteiger partial charge < -0.3 is 19.2 Å². The van der Waals surface area contributed by atoms with Crippen molar-refractivity contribution in [1.29, 1.82) is 0 Å². The summed E-state index contributed by atoms with van der Waals surface area (Å²) in [6.07, 6.45) is 0. The Hall–Kier alpha value is -3.00. The highest BCUT2D eigenvalue weighted by Crippen LogP contribution is 2.25. The van der Waals surface area contributed by atoms with E-state index < -0.39 is 0 Å². The number of aromatic nitrogens is 2. The molecule has 2 aromatic carbocycles. The number of carbonyl (C=O) groups excluding carboxylic acids is 1. The molecule has 0 spiro atoms. The molecular weight excluding hydrogens is 366 g/mol. The molecule has 0 bridgehead atoms. The highest BCUT2D eigenvalue weighted by atomic mass is 32.2. The number of ether oxygens (including phenoxy) is 2. The Morgan fingerprint density at radius 2 is 1.78 bits per heavy atom. The van der Waals surface area contributed by atoms with Gasteiger partial charge in [0.05, 0.1) is 20.0 Å². The lowest BCUT2D eigenvalue weighted by molar-refractivity contribution is -0.113. The van der Waals surface area contributed by atoms with Crippen molar-refractivity contribution in [2.24, 2.45) is 0 Å². The second kappa shape index (κ2) is 8.59. The maximum atomic E-state index is 12.2. The van der Waals surface area contributed by atoms with Gasteiger partial charge in [0, 0.05) is 11.3 Å². The van der Waals surface area contributed by atoms with Gasteiger partial charge in [0.2, 0.25) is 11.8 Å². The first-order valence-corrected chi connectivity index (χ1v) is 9.13. The number of aryl methyl sites for hydroxylation is 1. The van der Waals surface area contributed by atoms with E-state index in [0.717, 1.165) is 28.3 Å². The molecule has 8 heteroatoms. The number of anilines is 1. The standard InChI is InChI=1S/C19H19N3O4S/c1-12-10-15(25-3)8-9-16(12)20-17(23)11-27-19-22-21-18(26-19)13-4-6-14(24-2)7-5-13/h4-10H,11H2,1-3H3,(H,20,23). The highest BCUT2D eigenvalue weighted by Gasteiger charge is 2.12. The minimum absolute atomic E-state index is 0.155. The van der Waals surface area contributed by atoms with Crippen molar-refractivity contribution in [1.82, 2.24) is 10.2 Å². The van der Waals surface area contributed by atoms with Crippen LogP contribution in [0, 0.1) is 6.92 Å². The molecule has 0 aliphatic carbocycles. The SMILES string of the molecule is COc1ccc(-c2nnc(SCC(=O)Nc3ccc(OC)cc3C)o2)cc1. The van der Waals surface area contributed by atoms with Gasteiger partial charge in [0.15, 0.2) is 0 Å². The average molecular weight is 385 g/mol. The number of hydrogen-bond donors (Lipinski definition) is 1. The summed E-state index contributed by atoms with van der Waals surface area (Å²) in [6, 6.07) is 12.8. The third-order valence-corrected chi connectivity index (χ3v) is 4.60. The van der Waals surface area contributed by atoms with Gasteiger partial charge in [-0.2, -0.15) is 0 Å². The molecule has 3 aromatic rings. The minimum atomic E-state index is -0.155. The molecule has 27 heavy (non-hydrogen) atoms. The lowest BCUT2D eigenvalue weighted by Gasteiger charge is -2.09. The number of carbonyl (C=O) groups is 1. The van der Waals surface area contributed by atoms with E-state index in [1.807, 2.05) is 43.3 Å². The summed E-state index contributed by atoms with van der Waals surface area (Å²) >= 11 is 1.18. The molecule has 140 valence electrons. The molecular formula is C19H19N3O4S. The van der Waals surface area contributed by atoms with Gasteiger partial charge in [0.1, 0.15) is 11.5 Å². The van der Waals surface area contributed by atoms with Crippen molar-refractivity contribution < 1.29 is 18.7 Å². The zero-order valence-electron chi connectivity index (χ0n) is 15.2. The summed E-state index contributed by atoms with van der Waals surface area (Å²) in [7, 11) is 3.21. The summed E-state index contributed by atoms with van der Waals surface area (Å²) in [5.41, 5.74) is 2.45. The van der Waals surface area contributed by atoms with Crippen LogP contribution in [-0.2, 0) is 4.79 Å². The number of nitrogens with zero attached hydrogens (tertiary/aromatic N) is 2. The molecule has 0 saturated heterocycles. The van der Waals surface area contributed by atoms with Crippen LogP contribution in [-0.4, -0.2) is 36.1 Å². The number of thioether (sulfide) groups is 1. The maximum absolute atomic E-state index is 12.2. The predicted octanol–water partition coefficient (Wildman–Crippen LogP) is 3.79. The van der Waals surface area contributed by atoms with Crippen LogP contribution in [0.4, 0.5) is 5.69 Å². The van der Waals surface area contributed by atoms with Crippen LogP contribution < -0.4 is 14.8 Å². The van der Waals surface area contributed by atoms with E-state index in [4.69, 9.17) is 13.9 Å². The molecule has 3 rings (SSSR count). The molecule has 7 nitrogen and oxygen atoms in total. The van der Waals surface area contributed by atoms with Gasteiger partial charge in [-0.3, -0.25) is 4.79 Å². The van der Waals surface area contributed by atoms with Gasteiger partial charge in [-0.25, -0.2) is 0 Å². The number of methoxy groups -OCH3 is 2. The van der Waals surface area contributed by atoms with Crippen molar-refractivity contribution in [3.05, 3.63) is 48.0 Å². The van der Waals surface area contributed by atoms with Crippen molar-refractivity contribution in [3.63, 3.8) is 0 Å². The van der Waals surface area contributed by atoms with Gasteiger partial charge >= 0.3 is 0 Å². The first-order valence-electron chi connectivity index (χ1n) is 8.14. The van der Waals surface area contributed by atoms with E-state index in [9.17, 15) is 4.79 Å². The van der Waals surface area contributed by atoms with E-state index in [2.05, 4.69) is 15.5 Å². The lowest BCUT2D eigenvalue weighted by Crippen LogP contribution is -2.14. The van der Waals surface area contributed by atoms with Crippen molar-refractivity contribution in [3.8, 4) is 23.0 Å².